The molecule has 16 heavy (non-hydrogen) atoms. The molecule has 0 unspecified atom stereocenters. The number of rotatable bonds is 4. The first-order chi connectivity index (χ1) is 7.58. The fourth-order valence-corrected chi connectivity index (χ4v) is 1.89. The molecular weight excluding hydrogens is 206 g/mol. The van der Waals surface area contributed by atoms with Crippen molar-refractivity contribution < 1.29 is 14.6 Å². The molecule has 0 bridgehead atoms. The third kappa shape index (κ3) is 1.76. The van der Waals surface area contributed by atoms with Gasteiger partial charge < -0.3 is 15.6 Å². The Hall–Kier alpha value is -1.55. The van der Waals surface area contributed by atoms with Crippen LogP contribution in [0, 0.1) is 0 Å². The van der Waals surface area contributed by atoms with Crippen molar-refractivity contribution in [3.8, 4) is 5.75 Å². The summed E-state index contributed by atoms with van der Waals surface area (Å²) in [5, 5.41) is 8.93. The number of aliphatic carboxylic acids is 1. The molecule has 2 atom stereocenters. The van der Waals surface area contributed by atoms with Crippen LogP contribution in [-0.4, -0.2) is 23.2 Å². The zero-order chi connectivity index (χ0) is 11.8. The lowest BCUT2D eigenvalue weighted by Gasteiger charge is -2.07. The maximum absolute atomic E-state index is 10.9. The van der Waals surface area contributed by atoms with E-state index in [0.717, 1.165) is 11.3 Å². The summed E-state index contributed by atoms with van der Waals surface area (Å²) in [6.07, 6.45) is 0.510. The van der Waals surface area contributed by atoms with Gasteiger partial charge in [-0.15, -0.1) is 0 Å². The zero-order valence-electron chi connectivity index (χ0n) is 9.14. The van der Waals surface area contributed by atoms with Crippen LogP contribution in [0.15, 0.2) is 24.3 Å². The molecule has 1 aliphatic carbocycles. The summed E-state index contributed by atoms with van der Waals surface area (Å²) in [5.74, 6) is -0.197. The van der Waals surface area contributed by atoms with Crippen molar-refractivity contribution in [1.29, 1.82) is 0 Å². The van der Waals surface area contributed by atoms with Gasteiger partial charge in [-0.2, -0.15) is 0 Å². The smallest absolute Gasteiger partial charge is 0.324 e. The number of carboxylic acids is 1. The molecular formula is C12H15NO3. The van der Waals surface area contributed by atoms with Gasteiger partial charge in [0, 0.05) is 5.92 Å². The molecule has 1 aromatic carbocycles. The first-order valence-electron chi connectivity index (χ1n) is 5.33. The second-order valence-electron chi connectivity index (χ2n) is 4.10. The second-order valence-corrected chi connectivity index (χ2v) is 4.10. The van der Waals surface area contributed by atoms with Gasteiger partial charge in [-0.25, -0.2) is 0 Å². The van der Waals surface area contributed by atoms with Gasteiger partial charge in [0.25, 0.3) is 0 Å². The normalized spacial score (nSPS) is 27.5. The van der Waals surface area contributed by atoms with E-state index in [9.17, 15) is 4.79 Å². The molecule has 0 saturated heterocycles. The fourth-order valence-electron chi connectivity index (χ4n) is 1.89. The molecule has 0 aliphatic heterocycles. The highest BCUT2D eigenvalue weighted by atomic mass is 16.5. The minimum atomic E-state index is -1.06. The summed E-state index contributed by atoms with van der Waals surface area (Å²) >= 11 is 0. The third-order valence-electron chi connectivity index (χ3n) is 3.00. The Morgan fingerprint density at radius 2 is 2.19 bits per heavy atom. The van der Waals surface area contributed by atoms with Gasteiger partial charge in [0.2, 0.25) is 0 Å². The molecule has 0 heterocycles. The maximum atomic E-state index is 10.9. The molecule has 2 rings (SSSR count). The summed E-state index contributed by atoms with van der Waals surface area (Å²) in [5.41, 5.74) is 5.64. The lowest BCUT2D eigenvalue weighted by molar-refractivity contribution is -0.139. The van der Waals surface area contributed by atoms with E-state index < -0.39 is 11.5 Å². The standard InChI is InChI=1S/C12H15NO3/c1-2-16-9-5-3-8(4-6-9)10-7-12(10,13)11(14)15/h3-6,10H,2,7,13H2,1H3,(H,14,15)/t10-,12-/m1/s1. The quantitative estimate of drug-likeness (QED) is 0.805. The highest BCUT2D eigenvalue weighted by molar-refractivity contribution is 5.84. The van der Waals surface area contributed by atoms with Gasteiger partial charge in [0.15, 0.2) is 0 Å². The van der Waals surface area contributed by atoms with E-state index in [-0.39, 0.29) is 5.92 Å². The third-order valence-corrected chi connectivity index (χ3v) is 3.00. The number of carbonyl (C=O) groups is 1. The molecule has 0 aromatic heterocycles. The number of benzene rings is 1. The molecule has 0 spiro atoms. The van der Waals surface area contributed by atoms with Crippen LogP contribution in [0.2, 0.25) is 0 Å². The number of hydrogen-bond donors (Lipinski definition) is 2. The zero-order valence-corrected chi connectivity index (χ0v) is 9.14. The SMILES string of the molecule is CCOc1ccc([C@H]2C[C@]2(N)C(=O)O)cc1. The van der Waals surface area contributed by atoms with Crippen molar-refractivity contribution in [2.24, 2.45) is 5.73 Å². The minimum Gasteiger partial charge on any atom is -0.494 e. The summed E-state index contributed by atoms with van der Waals surface area (Å²) in [7, 11) is 0. The van der Waals surface area contributed by atoms with Crippen LogP contribution in [0.3, 0.4) is 0 Å². The Kier molecular flexibility index (Phi) is 2.59. The van der Waals surface area contributed by atoms with Gasteiger partial charge in [-0.3, -0.25) is 4.79 Å². The van der Waals surface area contributed by atoms with Gasteiger partial charge in [-0.1, -0.05) is 12.1 Å². The van der Waals surface area contributed by atoms with Crippen molar-refractivity contribution in [3.05, 3.63) is 29.8 Å². The van der Waals surface area contributed by atoms with Crippen molar-refractivity contribution in [3.63, 3.8) is 0 Å². The average Bonchev–Trinajstić information content (AvgIpc) is 2.94. The van der Waals surface area contributed by atoms with Gasteiger partial charge in [-0.05, 0) is 31.0 Å². The van der Waals surface area contributed by atoms with E-state index in [0.29, 0.717) is 13.0 Å². The highest BCUT2D eigenvalue weighted by Crippen LogP contribution is 2.49. The fraction of sp³-hybridized carbons (Fsp3) is 0.417. The molecule has 1 fully saturated rings. The molecule has 4 heteroatoms. The molecule has 1 aromatic rings. The van der Waals surface area contributed by atoms with E-state index in [2.05, 4.69) is 0 Å². The van der Waals surface area contributed by atoms with Crippen molar-refractivity contribution in [2.45, 2.75) is 24.8 Å². The van der Waals surface area contributed by atoms with E-state index in [1.54, 1.807) is 0 Å². The van der Waals surface area contributed by atoms with Gasteiger partial charge in [0.05, 0.1) is 6.61 Å². The van der Waals surface area contributed by atoms with Crippen molar-refractivity contribution >= 4 is 5.97 Å². The lowest BCUT2D eigenvalue weighted by Crippen LogP contribution is -2.34. The van der Waals surface area contributed by atoms with Gasteiger partial charge >= 0.3 is 5.97 Å². The summed E-state index contributed by atoms with van der Waals surface area (Å²) in [4.78, 5) is 10.9. The van der Waals surface area contributed by atoms with E-state index in [1.165, 1.54) is 0 Å². The minimum absolute atomic E-state index is 0.0688. The molecule has 0 radical (unpaired) electrons. The monoisotopic (exact) mass is 221 g/mol. The summed E-state index contributed by atoms with van der Waals surface area (Å²) < 4.78 is 5.31. The molecule has 1 aliphatic rings. The molecule has 3 N–H and O–H groups in total. The van der Waals surface area contributed by atoms with Crippen LogP contribution >= 0.6 is 0 Å². The average molecular weight is 221 g/mol. The lowest BCUT2D eigenvalue weighted by atomic mass is 10.1. The molecule has 1 saturated carbocycles. The number of ether oxygens (including phenoxy) is 1. The van der Waals surface area contributed by atoms with Crippen molar-refractivity contribution in [1.82, 2.24) is 0 Å². The Balaban J connectivity index is 2.10. The number of carboxylic acid groups (broad SMARTS) is 1. The molecule has 86 valence electrons. The molecule has 4 nitrogen and oxygen atoms in total. The van der Waals surface area contributed by atoms with E-state index in [4.69, 9.17) is 15.6 Å². The van der Waals surface area contributed by atoms with Crippen LogP contribution in [0.1, 0.15) is 24.8 Å². The number of hydrogen-bond acceptors (Lipinski definition) is 3. The van der Waals surface area contributed by atoms with Crippen molar-refractivity contribution in [2.75, 3.05) is 6.61 Å². The Labute approximate surface area is 94.0 Å². The van der Waals surface area contributed by atoms with Crippen LogP contribution in [0.5, 0.6) is 5.75 Å². The first-order valence-corrected chi connectivity index (χ1v) is 5.33. The number of nitrogens with two attached hydrogens (primary N) is 1. The topological polar surface area (TPSA) is 72.5 Å². The Morgan fingerprint density at radius 1 is 1.56 bits per heavy atom. The van der Waals surface area contributed by atoms with Crippen LogP contribution in [-0.2, 0) is 4.79 Å². The largest absolute Gasteiger partial charge is 0.494 e. The van der Waals surface area contributed by atoms with Crippen LogP contribution in [0.25, 0.3) is 0 Å². The van der Waals surface area contributed by atoms with Crippen LogP contribution < -0.4 is 10.5 Å². The Morgan fingerprint density at radius 3 is 2.62 bits per heavy atom. The van der Waals surface area contributed by atoms with Gasteiger partial charge in [0.1, 0.15) is 11.3 Å². The highest BCUT2D eigenvalue weighted by Gasteiger charge is 2.58. The maximum Gasteiger partial charge on any atom is 0.324 e. The molecule has 0 amide bonds. The summed E-state index contributed by atoms with van der Waals surface area (Å²) in [6.45, 7) is 2.54. The summed E-state index contributed by atoms with van der Waals surface area (Å²) in [6, 6.07) is 7.46. The van der Waals surface area contributed by atoms with Crippen LogP contribution in [0.4, 0.5) is 0 Å². The van der Waals surface area contributed by atoms with E-state index in [1.807, 2.05) is 31.2 Å². The Bertz CT molecular complexity index is 401. The second kappa shape index (κ2) is 3.79. The predicted molar refractivity (Wildman–Crippen MR) is 59.5 cm³/mol. The first kappa shape index (κ1) is 11.0. The predicted octanol–water partition coefficient (Wildman–Crippen LogP) is 1.35. The van der Waals surface area contributed by atoms with E-state index >= 15 is 0 Å².